The van der Waals surface area contributed by atoms with Gasteiger partial charge in [0.2, 0.25) is 0 Å². The van der Waals surface area contributed by atoms with Gasteiger partial charge in [0.05, 0.1) is 6.61 Å². The zero-order valence-corrected chi connectivity index (χ0v) is 13.6. The molecule has 0 aliphatic carbocycles. The Labute approximate surface area is 130 Å². The van der Waals surface area contributed by atoms with Crippen molar-refractivity contribution >= 4 is 24.5 Å². The van der Waals surface area contributed by atoms with Gasteiger partial charge in [-0.2, -0.15) is 0 Å². The number of fused-ring (bicyclic) bond motifs is 1. The van der Waals surface area contributed by atoms with E-state index in [0.29, 0.717) is 29.1 Å². The van der Waals surface area contributed by atoms with Crippen LogP contribution in [0.4, 0.5) is 4.39 Å². The molecule has 2 rings (SSSR count). The Kier molecular flexibility index (Phi) is 4.57. The summed E-state index contributed by atoms with van der Waals surface area (Å²) in [5.74, 6) is -0.171. The van der Waals surface area contributed by atoms with Crippen molar-refractivity contribution in [1.29, 1.82) is 0 Å². The van der Waals surface area contributed by atoms with Crippen molar-refractivity contribution in [2.24, 2.45) is 0 Å². The zero-order chi connectivity index (χ0) is 15.8. The third-order valence-electron chi connectivity index (χ3n) is 4.09. The molecule has 0 spiro atoms. The lowest BCUT2D eigenvalue weighted by atomic mass is 9.81. The molecule has 1 aromatic carbocycles. The summed E-state index contributed by atoms with van der Waals surface area (Å²) in [5.41, 5.74) is -0.346. The van der Waals surface area contributed by atoms with Gasteiger partial charge >= 0.3 is 7.48 Å². The van der Waals surface area contributed by atoms with Crippen LogP contribution >= 0.6 is 11.6 Å². The summed E-state index contributed by atoms with van der Waals surface area (Å²) < 4.78 is 25.1. The third-order valence-corrected chi connectivity index (χ3v) is 4.54. The quantitative estimate of drug-likeness (QED) is 0.632. The molecule has 0 atom stereocenters. The first-order valence-electron chi connectivity index (χ1n) is 7.03. The SMILES string of the molecule is CC(C)([OH2+])C(C)(C)O[B]c1cc(F)c2c(c1Cl)CCCO2. The number of rotatable bonds is 4. The zero-order valence-electron chi connectivity index (χ0n) is 12.8. The van der Waals surface area contributed by atoms with Gasteiger partial charge < -0.3 is 14.5 Å². The lowest BCUT2D eigenvalue weighted by molar-refractivity contribution is -0.0893. The molecule has 0 saturated heterocycles. The molecule has 1 aromatic rings. The minimum Gasteiger partial charge on any atom is -0.490 e. The lowest BCUT2D eigenvalue weighted by Gasteiger charge is -2.34. The number of hydrogen-bond acceptors (Lipinski definition) is 2. The van der Waals surface area contributed by atoms with Crippen LogP contribution < -0.4 is 10.2 Å². The van der Waals surface area contributed by atoms with Crippen LogP contribution in [0.5, 0.6) is 5.75 Å². The van der Waals surface area contributed by atoms with Crippen LogP contribution in [0, 0.1) is 5.82 Å². The minimum absolute atomic E-state index is 0.253. The number of halogens is 2. The Morgan fingerprint density at radius 1 is 1.38 bits per heavy atom. The van der Waals surface area contributed by atoms with E-state index in [1.807, 2.05) is 13.8 Å². The summed E-state index contributed by atoms with van der Waals surface area (Å²) in [4.78, 5) is 0. The highest BCUT2D eigenvalue weighted by Gasteiger charge is 2.40. The first-order valence-corrected chi connectivity index (χ1v) is 7.41. The van der Waals surface area contributed by atoms with Crippen molar-refractivity contribution in [3.8, 4) is 5.75 Å². The molecule has 0 aromatic heterocycles. The first-order chi connectivity index (χ1) is 9.63. The summed E-state index contributed by atoms with van der Waals surface area (Å²) >= 11 is 6.34. The maximum absolute atomic E-state index is 14.1. The van der Waals surface area contributed by atoms with Gasteiger partial charge in [-0.25, -0.2) is 4.39 Å². The van der Waals surface area contributed by atoms with Crippen LogP contribution in [0.15, 0.2) is 6.07 Å². The third kappa shape index (κ3) is 3.36. The molecule has 0 unspecified atom stereocenters. The van der Waals surface area contributed by atoms with E-state index in [4.69, 9.17) is 26.1 Å². The van der Waals surface area contributed by atoms with E-state index < -0.39 is 17.0 Å². The summed E-state index contributed by atoms with van der Waals surface area (Å²) in [6.07, 6.45) is 1.52. The molecule has 1 heterocycles. The number of ether oxygens (including phenoxy) is 1. The highest BCUT2D eigenvalue weighted by atomic mass is 35.5. The largest absolute Gasteiger partial charge is 0.490 e. The summed E-state index contributed by atoms with van der Waals surface area (Å²) in [5, 5.41) is 8.54. The van der Waals surface area contributed by atoms with Gasteiger partial charge in [-0.15, -0.1) is 0 Å². The van der Waals surface area contributed by atoms with E-state index in [1.54, 1.807) is 13.8 Å². The fraction of sp³-hybridized carbons (Fsp3) is 0.600. The van der Waals surface area contributed by atoms with E-state index in [1.165, 1.54) is 13.5 Å². The van der Waals surface area contributed by atoms with Crippen molar-refractivity contribution in [2.45, 2.75) is 51.7 Å². The van der Waals surface area contributed by atoms with Crippen molar-refractivity contribution in [2.75, 3.05) is 6.61 Å². The topological polar surface area (TPSA) is 41.4 Å². The van der Waals surface area contributed by atoms with Gasteiger partial charge in [0.15, 0.2) is 17.2 Å². The smallest absolute Gasteiger partial charge is 0.332 e. The van der Waals surface area contributed by atoms with Crippen LogP contribution in [-0.2, 0) is 11.1 Å². The molecule has 115 valence electrons. The Balaban J connectivity index is 2.24. The van der Waals surface area contributed by atoms with E-state index in [-0.39, 0.29) is 5.75 Å². The summed E-state index contributed by atoms with van der Waals surface area (Å²) in [7, 11) is 1.44. The molecule has 0 saturated carbocycles. The molecule has 0 amide bonds. The molecule has 21 heavy (non-hydrogen) atoms. The second-order valence-corrected chi connectivity index (χ2v) is 6.77. The molecular weight excluding hydrogens is 293 g/mol. The van der Waals surface area contributed by atoms with E-state index in [0.717, 1.165) is 6.42 Å². The Morgan fingerprint density at radius 2 is 2.05 bits per heavy atom. The maximum Gasteiger partial charge on any atom is 0.332 e. The normalized spacial score (nSPS) is 15.4. The van der Waals surface area contributed by atoms with Crippen molar-refractivity contribution in [3.05, 3.63) is 22.5 Å². The van der Waals surface area contributed by atoms with E-state index in [2.05, 4.69) is 0 Å². The highest BCUT2D eigenvalue weighted by Crippen LogP contribution is 2.33. The van der Waals surface area contributed by atoms with Gasteiger partial charge in [-0.05, 0) is 38.2 Å². The van der Waals surface area contributed by atoms with Crippen molar-refractivity contribution in [3.63, 3.8) is 0 Å². The molecule has 3 nitrogen and oxygen atoms in total. The van der Waals surface area contributed by atoms with Gasteiger partial charge in [0.25, 0.3) is 0 Å². The fourth-order valence-corrected chi connectivity index (χ4v) is 2.21. The molecule has 0 bridgehead atoms. The van der Waals surface area contributed by atoms with Crippen LogP contribution in [0.3, 0.4) is 0 Å². The molecular formula is C15H21BClFO3+. The Bertz CT molecular complexity index is 541. The lowest BCUT2D eigenvalue weighted by Crippen LogP contribution is -2.49. The second-order valence-electron chi connectivity index (χ2n) is 6.39. The van der Waals surface area contributed by atoms with Gasteiger partial charge in [-0.1, -0.05) is 11.6 Å². The average molecular weight is 315 g/mol. The molecule has 0 fully saturated rings. The van der Waals surface area contributed by atoms with Gasteiger partial charge in [0, 0.05) is 24.4 Å². The fourth-order valence-electron chi connectivity index (χ4n) is 1.93. The predicted octanol–water partition coefficient (Wildman–Crippen LogP) is 2.35. The standard InChI is InChI=1S/C15H20BClFO3/c1-14(2,19)15(3,4)21-16-10-8-11(18)13-9(12(10)17)6-5-7-20-13/h8,19H,5-7H2,1-4H3/p+1. The predicted molar refractivity (Wildman–Crippen MR) is 83.5 cm³/mol. The average Bonchev–Trinajstić information content (AvgIpc) is 2.40. The van der Waals surface area contributed by atoms with Crippen molar-refractivity contribution < 1.29 is 18.9 Å². The monoisotopic (exact) mass is 314 g/mol. The number of hydrogen-bond donors (Lipinski definition) is 0. The Morgan fingerprint density at radius 3 is 2.67 bits per heavy atom. The van der Waals surface area contributed by atoms with Gasteiger partial charge in [-0.3, -0.25) is 0 Å². The molecule has 1 aliphatic rings. The Hall–Kier alpha value is -0.775. The van der Waals surface area contributed by atoms with Crippen LogP contribution in [0.2, 0.25) is 5.02 Å². The van der Waals surface area contributed by atoms with E-state index >= 15 is 0 Å². The second kappa shape index (κ2) is 5.78. The van der Waals surface area contributed by atoms with Crippen LogP contribution in [-0.4, -0.2) is 30.4 Å². The number of benzene rings is 1. The van der Waals surface area contributed by atoms with E-state index in [9.17, 15) is 4.39 Å². The minimum atomic E-state index is -0.800. The summed E-state index contributed by atoms with van der Waals surface area (Å²) in [6.45, 7) is 7.69. The highest BCUT2D eigenvalue weighted by molar-refractivity contribution is 6.54. The van der Waals surface area contributed by atoms with Gasteiger partial charge in [0.1, 0.15) is 5.60 Å². The molecule has 1 aliphatic heterocycles. The molecule has 6 heteroatoms. The maximum atomic E-state index is 14.1. The summed E-state index contributed by atoms with van der Waals surface area (Å²) in [6, 6.07) is 1.32. The first kappa shape index (κ1) is 16.6. The van der Waals surface area contributed by atoms with Crippen LogP contribution in [0.1, 0.15) is 39.7 Å². The molecule has 2 N–H and O–H groups in total. The van der Waals surface area contributed by atoms with Crippen molar-refractivity contribution in [1.82, 2.24) is 0 Å². The molecule has 1 radical (unpaired) electrons. The van der Waals surface area contributed by atoms with Crippen LogP contribution in [0.25, 0.3) is 0 Å².